The first-order valence-electron chi connectivity index (χ1n) is 4.90. The molecule has 2 rings (SSSR count). The summed E-state index contributed by atoms with van der Waals surface area (Å²) in [4.78, 5) is 0. The Labute approximate surface area is 78.9 Å². The number of rotatable bonds is 3. The van der Waals surface area contributed by atoms with Crippen molar-refractivity contribution in [3.05, 3.63) is 23.8 Å². The van der Waals surface area contributed by atoms with E-state index < -0.39 is 0 Å². The van der Waals surface area contributed by atoms with Crippen LogP contribution in [-0.4, -0.2) is 13.2 Å². The number of nitrogens with one attached hydrogen (secondary N) is 1. The molecular weight excluding hydrogens is 162 g/mol. The van der Waals surface area contributed by atoms with Crippen LogP contribution in [0.2, 0.25) is 0 Å². The van der Waals surface area contributed by atoms with Crippen molar-refractivity contribution < 1.29 is 4.74 Å². The van der Waals surface area contributed by atoms with Crippen LogP contribution >= 0.6 is 0 Å². The Morgan fingerprint density at radius 3 is 3.23 bits per heavy atom. The molecule has 0 aliphatic carbocycles. The molecule has 1 aliphatic heterocycles. The predicted molar refractivity (Wildman–Crippen MR) is 54.4 cm³/mol. The first kappa shape index (κ1) is 8.42. The fourth-order valence-corrected chi connectivity index (χ4v) is 1.59. The third-order valence-corrected chi connectivity index (χ3v) is 2.26. The average Bonchev–Trinajstić information content (AvgIpc) is 2.61. The number of fused-ring (bicyclic) bond motifs is 1. The maximum atomic E-state index is 5.55. The summed E-state index contributed by atoms with van der Waals surface area (Å²) in [5.41, 5.74) is 2.65. The van der Waals surface area contributed by atoms with Crippen molar-refractivity contribution in [3.8, 4) is 5.75 Å². The number of ether oxygens (including phenoxy) is 1. The molecular formula is C11H15NO. The number of benzene rings is 1. The summed E-state index contributed by atoms with van der Waals surface area (Å²) in [7, 11) is 0. The molecule has 2 heteroatoms. The molecule has 70 valence electrons. The molecule has 0 saturated carbocycles. The molecule has 1 aliphatic rings. The molecule has 13 heavy (non-hydrogen) atoms. The zero-order valence-electron chi connectivity index (χ0n) is 7.97. The highest BCUT2D eigenvalue weighted by molar-refractivity contribution is 5.57. The number of hydrogen-bond acceptors (Lipinski definition) is 2. The lowest BCUT2D eigenvalue weighted by molar-refractivity contribution is 0.317. The Morgan fingerprint density at radius 2 is 2.38 bits per heavy atom. The topological polar surface area (TPSA) is 21.3 Å². The molecule has 1 heterocycles. The van der Waals surface area contributed by atoms with Gasteiger partial charge >= 0.3 is 0 Å². The maximum absolute atomic E-state index is 5.55. The molecule has 0 fully saturated rings. The molecule has 1 N–H and O–H groups in total. The Morgan fingerprint density at radius 1 is 1.46 bits per heavy atom. The van der Waals surface area contributed by atoms with E-state index in [-0.39, 0.29) is 0 Å². The highest BCUT2D eigenvalue weighted by atomic mass is 16.5. The van der Waals surface area contributed by atoms with Gasteiger partial charge in [-0.3, -0.25) is 0 Å². The van der Waals surface area contributed by atoms with Crippen LogP contribution in [0.4, 0.5) is 5.69 Å². The van der Waals surface area contributed by atoms with Gasteiger partial charge in [0.05, 0.1) is 6.61 Å². The quantitative estimate of drug-likeness (QED) is 0.765. The van der Waals surface area contributed by atoms with Gasteiger partial charge in [0.2, 0.25) is 0 Å². The molecule has 1 aromatic carbocycles. The van der Waals surface area contributed by atoms with E-state index in [1.54, 1.807) is 0 Å². The van der Waals surface area contributed by atoms with Crippen molar-refractivity contribution >= 4 is 5.69 Å². The van der Waals surface area contributed by atoms with Gasteiger partial charge in [0.15, 0.2) is 0 Å². The van der Waals surface area contributed by atoms with Gasteiger partial charge in [-0.2, -0.15) is 0 Å². The molecule has 0 bridgehead atoms. The van der Waals surface area contributed by atoms with Gasteiger partial charge in [-0.05, 0) is 36.6 Å². The van der Waals surface area contributed by atoms with Crippen LogP contribution < -0.4 is 10.1 Å². The molecule has 0 radical (unpaired) electrons. The fourth-order valence-electron chi connectivity index (χ4n) is 1.59. The van der Waals surface area contributed by atoms with Crippen LogP contribution in [0.15, 0.2) is 18.2 Å². The van der Waals surface area contributed by atoms with Crippen LogP contribution in [0.25, 0.3) is 0 Å². The average molecular weight is 177 g/mol. The molecule has 0 unspecified atom stereocenters. The predicted octanol–water partition coefficient (Wildman–Crippen LogP) is 2.44. The maximum Gasteiger partial charge on any atom is 0.119 e. The Hall–Kier alpha value is -1.18. The minimum absolute atomic E-state index is 0.812. The summed E-state index contributed by atoms with van der Waals surface area (Å²) in [6, 6.07) is 6.28. The van der Waals surface area contributed by atoms with Crippen LogP contribution in [0, 0.1) is 0 Å². The van der Waals surface area contributed by atoms with Gasteiger partial charge in [0.1, 0.15) is 5.75 Å². The summed E-state index contributed by atoms with van der Waals surface area (Å²) in [6.45, 7) is 3.99. The van der Waals surface area contributed by atoms with E-state index in [2.05, 4.69) is 24.4 Å². The van der Waals surface area contributed by atoms with E-state index in [9.17, 15) is 0 Å². The summed E-state index contributed by atoms with van der Waals surface area (Å²) in [5.74, 6) is 1.00. The monoisotopic (exact) mass is 177 g/mol. The first-order valence-corrected chi connectivity index (χ1v) is 4.90. The normalized spacial score (nSPS) is 13.6. The fraction of sp³-hybridized carbons (Fsp3) is 0.455. The van der Waals surface area contributed by atoms with Crippen LogP contribution in [0.5, 0.6) is 5.75 Å². The Bertz CT molecular complexity index is 296. The molecule has 0 aromatic heterocycles. The molecule has 0 spiro atoms. The lowest BCUT2D eigenvalue weighted by atomic mass is 10.1. The smallest absolute Gasteiger partial charge is 0.119 e. The lowest BCUT2D eigenvalue weighted by Gasteiger charge is -2.06. The van der Waals surface area contributed by atoms with Crippen molar-refractivity contribution in [2.24, 2.45) is 0 Å². The van der Waals surface area contributed by atoms with Crippen LogP contribution in [0.1, 0.15) is 18.9 Å². The minimum atomic E-state index is 0.812. The molecule has 0 atom stereocenters. The summed E-state index contributed by atoms with van der Waals surface area (Å²) in [6.07, 6.45) is 2.19. The van der Waals surface area contributed by atoms with E-state index in [4.69, 9.17) is 4.74 Å². The van der Waals surface area contributed by atoms with E-state index in [1.165, 1.54) is 11.3 Å². The second-order valence-electron chi connectivity index (χ2n) is 3.34. The molecule has 0 saturated heterocycles. The van der Waals surface area contributed by atoms with Crippen molar-refractivity contribution in [1.29, 1.82) is 0 Å². The van der Waals surface area contributed by atoms with Gasteiger partial charge < -0.3 is 10.1 Å². The van der Waals surface area contributed by atoms with Crippen LogP contribution in [0.3, 0.4) is 0 Å². The van der Waals surface area contributed by atoms with Gasteiger partial charge in [0.25, 0.3) is 0 Å². The van der Waals surface area contributed by atoms with Gasteiger partial charge in [-0.1, -0.05) is 6.92 Å². The summed E-state index contributed by atoms with van der Waals surface area (Å²) in [5, 5.41) is 3.33. The van der Waals surface area contributed by atoms with Crippen molar-refractivity contribution in [2.75, 3.05) is 18.5 Å². The van der Waals surface area contributed by atoms with Gasteiger partial charge in [-0.15, -0.1) is 0 Å². The minimum Gasteiger partial charge on any atom is -0.494 e. The largest absolute Gasteiger partial charge is 0.494 e. The van der Waals surface area contributed by atoms with Crippen molar-refractivity contribution in [2.45, 2.75) is 19.8 Å². The highest BCUT2D eigenvalue weighted by Gasteiger charge is 2.09. The zero-order valence-corrected chi connectivity index (χ0v) is 7.97. The Balaban J connectivity index is 2.12. The SMILES string of the molecule is CCCOc1ccc2c(c1)CCN2. The summed E-state index contributed by atoms with van der Waals surface area (Å²) < 4.78 is 5.55. The second kappa shape index (κ2) is 3.69. The van der Waals surface area contributed by atoms with Gasteiger partial charge in [0, 0.05) is 12.2 Å². The van der Waals surface area contributed by atoms with E-state index in [0.717, 1.165) is 31.7 Å². The van der Waals surface area contributed by atoms with E-state index in [1.807, 2.05) is 6.07 Å². The van der Waals surface area contributed by atoms with Crippen molar-refractivity contribution in [1.82, 2.24) is 0 Å². The third-order valence-electron chi connectivity index (χ3n) is 2.26. The molecule has 0 amide bonds. The highest BCUT2D eigenvalue weighted by Crippen LogP contribution is 2.26. The van der Waals surface area contributed by atoms with E-state index in [0.29, 0.717) is 0 Å². The van der Waals surface area contributed by atoms with Crippen molar-refractivity contribution in [3.63, 3.8) is 0 Å². The van der Waals surface area contributed by atoms with Crippen LogP contribution in [-0.2, 0) is 6.42 Å². The second-order valence-corrected chi connectivity index (χ2v) is 3.34. The zero-order chi connectivity index (χ0) is 9.10. The standard InChI is InChI=1S/C11H15NO/c1-2-7-13-10-3-4-11-9(8-10)5-6-12-11/h3-4,8,12H,2,5-7H2,1H3. The lowest BCUT2D eigenvalue weighted by Crippen LogP contribution is -1.95. The number of anilines is 1. The summed E-state index contributed by atoms with van der Waals surface area (Å²) >= 11 is 0. The number of hydrogen-bond donors (Lipinski definition) is 1. The molecule has 2 nitrogen and oxygen atoms in total. The first-order chi connectivity index (χ1) is 6.40. The van der Waals surface area contributed by atoms with Gasteiger partial charge in [-0.25, -0.2) is 0 Å². The van der Waals surface area contributed by atoms with E-state index >= 15 is 0 Å². The molecule has 1 aromatic rings. The Kier molecular flexibility index (Phi) is 2.39. The third kappa shape index (κ3) is 1.77.